The molecule has 0 atom stereocenters. The standard InChI is InChI=1S/C12H13BrN2O2/c13-11-3-1-2-10(8-16)12(11)17-7-6-15-5-4-14-9-15/h1-5,9,16H,6-8H2. The lowest BCUT2D eigenvalue weighted by Gasteiger charge is -2.12. The lowest BCUT2D eigenvalue weighted by Crippen LogP contribution is -2.08. The zero-order valence-electron chi connectivity index (χ0n) is 9.21. The predicted octanol–water partition coefficient (Wildman–Crippen LogP) is 2.22. The van der Waals surface area contributed by atoms with Crippen LogP contribution >= 0.6 is 15.9 Å². The first-order valence-electron chi connectivity index (χ1n) is 5.28. The van der Waals surface area contributed by atoms with E-state index in [9.17, 15) is 5.11 Å². The van der Waals surface area contributed by atoms with Crippen molar-refractivity contribution in [1.29, 1.82) is 0 Å². The molecule has 0 unspecified atom stereocenters. The van der Waals surface area contributed by atoms with Gasteiger partial charge in [0.25, 0.3) is 0 Å². The molecule has 90 valence electrons. The fourth-order valence-corrected chi connectivity index (χ4v) is 2.03. The molecule has 1 heterocycles. The molecule has 1 N–H and O–H groups in total. The van der Waals surface area contributed by atoms with Gasteiger partial charge in [-0.2, -0.15) is 0 Å². The second kappa shape index (κ2) is 5.84. The Balaban J connectivity index is 1.98. The summed E-state index contributed by atoms with van der Waals surface area (Å²) in [5, 5.41) is 9.21. The van der Waals surface area contributed by atoms with Gasteiger partial charge in [-0.25, -0.2) is 4.98 Å². The molecule has 0 aliphatic carbocycles. The second-order valence-electron chi connectivity index (χ2n) is 3.54. The molecular weight excluding hydrogens is 284 g/mol. The number of halogens is 1. The highest BCUT2D eigenvalue weighted by Gasteiger charge is 2.06. The Morgan fingerprint density at radius 2 is 2.29 bits per heavy atom. The van der Waals surface area contributed by atoms with Gasteiger partial charge >= 0.3 is 0 Å². The van der Waals surface area contributed by atoms with Gasteiger partial charge < -0.3 is 14.4 Å². The Morgan fingerprint density at radius 3 is 3.00 bits per heavy atom. The van der Waals surface area contributed by atoms with Gasteiger partial charge in [0.1, 0.15) is 12.4 Å². The summed E-state index contributed by atoms with van der Waals surface area (Å²) in [6.07, 6.45) is 5.37. The molecule has 0 spiro atoms. The van der Waals surface area contributed by atoms with Crippen LogP contribution in [0.25, 0.3) is 0 Å². The molecule has 1 aromatic heterocycles. The highest BCUT2D eigenvalue weighted by molar-refractivity contribution is 9.10. The number of para-hydroxylation sites is 1. The Bertz CT molecular complexity index is 471. The molecule has 0 radical (unpaired) electrons. The lowest BCUT2D eigenvalue weighted by molar-refractivity contribution is 0.257. The number of aliphatic hydroxyl groups is 1. The van der Waals surface area contributed by atoms with Crippen LogP contribution in [0, 0.1) is 0 Å². The van der Waals surface area contributed by atoms with Gasteiger partial charge in [-0.1, -0.05) is 12.1 Å². The molecule has 4 nitrogen and oxygen atoms in total. The quantitative estimate of drug-likeness (QED) is 0.920. The predicted molar refractivity (Wildman–Crippen MR) is 67.8 cm³/mol. The zero-order chi connectivity index (χ0) is 12.1. The number of rotatable bonds is 5. The van der Waals surface area contributed by atoms with E-state index in [0.717, 1.165) is 16.6 Å². The van der Waals surface area contributed by atoms with Gasteiger partial charge in [0, 0.05) is 18.0 Å². The number of ether oxygens (including phenoxy) is 1. The Kier molecular flexibility index (Phi) is 4.17. The molecule has 0 saturated carbocycles. The molecule has 0 bridgehead atoms. The van der Waals surface area contributed by atoms with Crippen LogP contribution in [-0.2, 0) is 13.2 Å². The monoisotopic (exact) mass is 296 g/mol. The van der Waals surface area contributed by atoms with Crippen molar-refractivity contribution in [1.82, 2.24) is 9.55 Å². The molecule has 0 saturated heterocycles. The Hall–Kier alpha value is -1.33. The lowest BCUT2D eigenvalue weighted by atomic mass is 10.2. The van der Waals surface area contributed by atoms with Crippen LogP contribution in [0.15, 0.2) is 41.4 Å². The summed E-state index contributed by atoms with van der Waals surface area (Å²) < 4.78 is 8.47. The van der Waals surface area contributed by atoms with Gasteiger partial charge in [-0.05, 0) is 22.0 Å². The maximum Gasteiger partial charge on any atom is 0.139 e. The van der Waals surface area contributed by atoms with Crippen molar-refractivity contribution in [2.45, 2.75) is 13.2 Å². The number of aliphatic hydroxyl groups excluding tert-OH is 1. The third kappa shape index (κ3) is 3.08. The van der Waals surface area contributed by atoms with Crippen molar-refractivity contribution < 1.29 is 9.84 Å². The minimum Gasteiger partial charge on any atom is -0.490 e. The number of hydrogen-bond donors (Lipinski definition) is 1. The summed E-state index contributed by atoms with van der Waals surface area (Å²) in [7, 11) is 0. The SMILES string of the molecule is OCc1cccc(Br)c1OCCn1ccnc1. The summed E-state index contributed by atoms with van der Waals surface area (Å²) in [4.78, 5) is 3.96. The number of imidazole rings is 1. The van der Waals surface area contributed by atoms with Crippen molar-refractivity contribution in [3.05, 3.63) is 47.0 Å². The molecule has 0 aliphatic rings. The number of hydrogen-bond acceptors (Lipinski definition) is 3. The van der Waals surface area contributed by atoms with Crippen molar-refractivity contribution in [3.8, 4) is 5.75 Å². The number of benzene rings is 1. The maximum atomic E-state index is 9.21. The molecule has 0 fully saturated rings. The summed E-state index contributed by atoms with van der Waals surface area (Å²) in [5.41, 5.74) is 0.782. The summed E-state index contributed by atoms with van der Waals surface area (Å²) in [6.45, 7) is 1.23. The molecule has 5 heteroatoms. The van der Waals surface area contributed by atoms with Gasteiger partial charge in [0.2, 0.25) is 0 Å². The van der Waals surface area contributed by atoms with E-state index in [1.54, 1.807) is 12.5 Å². The van der Waals surface area contributed by atoms with E-state index >= 15 is 0 Å². The molecule has 17 heavy (non-hydrogen) atoms. The van der Waals surface area contributed by atoms with Crippen LogP contribution < -0.4 is 4.74 Å². The highest BCUT2D eigenvalue weighted by Crippen LogP contribution is 2.29. The van der Waals surface area contributed by atoms with Crippen molar-refractivity contribution in [2.24, 2.45) is 0 Å². The van der Waals surface area contributed by atoms with E-state index in [0.29, 0.717) is 12.4 Å². The topological polar surface area (TPSA) is 47.3 Å². The normalized spacial score (nSPS) is 10.5. The molecule has 0 amide bonds. The average Bonchev–Trinajstić information content (AvgIpc) is 2.84. The van der Waals surface area contributed by atoms with Crippen LogP contribution in [-0.4, -0.2) is 21.3 Å². The molecule has 1 aromatic carbocycles. The van der Waals surface area contributed by atoms with E-state index in [2.05, 4.69) is 20.9 Å². The van der Waals surface area contributed by atoms with E-state index < -0.39 is 0 Å². The third-order valence-corrected chi connectivity index (χ3v) is 3.00. The largest absolute Gasteiger partial charge is 0.490 e. The Morgan fingerprint density at radius 1 is 1.41 bits per heavy atom. The second-order valence-corrected chi connectivity index (χ2v) is 4.39. The summed E-state index contributed by atoms with van der Waals surface area (Å²) in [6, 6.07) is 5.61. The maximum absolute atomic E-state index is 9.21. The van der Waals surface area contributed by atoms with Gasteiger partial charge in [-0.3, -0.25) is 0 Å². The first-order chi connectivity index (χ1) is 8.31. The molecule has 2 aromatic rings. The van der Waals surface area contributed by atoms with Crippen molar-refractivity contribution >= 4 is 15.9 Å². The molecule has 2 rings (SSSR count). The van der Waals surface area contributed by atoms with Crippen LogP contribution in [0.2, 0.25) is 0 Å². The highest BCUT2D eigenvalue weighted by atomic mass is 79.9. The van der Waals surface area contributed by atoms with Gasteiger partial charge in [-0.15, -0.1) is 0 Å². The molecule has 0 aliphatic heterocycles. The van der Waals surface area contributed by atoms with Crippen LogP contribution in [0.5, 0.6) is 5.75 Å². The van der Waals surface area contributed by atoms with Crippen LogP contribution in [0.3, 0.4) is 0 Å². The Labute approximate surface area is 108 Å². The average molecular weight is 297 g/mol. The number of aromatic nitrogens is 2. The van der Waals surface area contributed by atoms with Gasteiger partial charge in [0.15, 0.2) is 0 Å². The smallest absolute Gasteiger partial charge is 0.139 e. The first kappa shape index (κ1) is 12.1. The van der Waals surface area contributed by atoms with Crippen molar-refractivity contribution in [2.75, 3.05) is 6.61 Å². The summed E-state index contributed by atoms with van der Waals surface area (Å²) >= 11 is 3.41. The number of nitrogens with zero attached hydrogens (tertiary/aromatic N) is 2. The fraction of sp³-hybridized carbons (Fsp3) is 0.250. The van der Waals surface area contributed by atoms with E-state index in [1.807, 2.05) is 29.0 Å². The van der Waals surface area contributed by atoms with Crippen molar-refractivity contribution in [3.63, 3.8) is 0 Å². The summed E-state index contributed by atoms with van der Waals surface area (Å²) in [5.74, 6) is 0.704. The minimum atomic E-state index is -0.0279. The molecular formula is C12H13BrN2O2. The fourth-order valence-electron chi connectivity index (χ4n) is 1.51. The van der Waals surface area contributed by atoms with E-state index in [-0.39, 0.29) is 6.61 Å². The van der Waals surface area contributed by atoms with E-state index in [1.165, 1.54) is 0 Å². The minimum absolute atomic E-state index is 0.0279. The first-order valence-corrected chi connectivity index (χ1v) is 6.07. The van der Waals surface area contributed by atoms with Gasteiger partial charge in [0.05, 0.1) is 24.0 Å². The third-order valence-electron chi connectivity index (χ3n) is 2.37. The van der Waals surface area contributed by atoms with Crippen LogP contribution in [0.4, 0.5) is 0 Å². The van der Waals surface area contributed by atoms with E-state index in [4.69, 9.17) is 4.74 Å². The van der Waals surface area contributed by atoms with Crippen LogP contribution in [0.1, 0.15) is 5.56 Å². The zero-order valence-corrected chi connectivity index (χ0v) is 10.8.